The molecule has 0 aliphatic rings. The second kappa shape index (κ2) is 7.63. The van der Waals surface area contributed by atoms with Crippen molar-refractivity contribution in [3.8, 4) is 0 Å². The van der Waals surface area contributed by atoms with E-state index in [9.17, 15) is 4.79 Å². The van der Waals surface area contributed by atoms with Gasteiger partial charge in [0.05, 0.1) is 6.04 Å². The van der Waals surface area contributed by atoms with Crippen molar-refractivity contribution in [1.29, 1.82) is 0 Å². The third kappa shape index (κ3) is 6.08. The van der Waals surface area contributed by atoms with Crippen molar-refractivity contribution in [2.75, 3.05) is 40.8 Å². The molecule has 1 atom stereocenters. The van der Waals surface area contributed by atoms with E-state index in [-0.39, 0.29) is 11.9 Å². The molecule has 0 spiro atoms. The predicted molar refractivity (Wildman–Crippen MR) is 68.5 cm³/mol. The van der Waals surface area contributed by atoms with E-state index in [1.54, 1.807) is 0 Å². The van der Waals surface area contributed by atoms with Gasteiger partial charge in [0.25, 0.3) is 0 Å². The molecule has 0 aromatic rings. The van der Waals surface area contributed by atoms with Crippen LogP contribution in [-0.2, 0) is 4.79 Å². The molecule has 16 heavy (non-hydrogen) atoms. The summed E-state index contributed by atoms with van der Waals surface area (Å²) in [5.41, 5.74) is 0. The van der Waals surface area contributed by atoms with Crippen LogP contribution < -0.4 is 5.32 Å². The highest BCUT2D eigenvalue weighted by molar-refractivity contribution is 5.81. The Balaban J connectivity index is 4.34. The number of nitrogens with one attached hydrogen (secondary N) is 1. The van der Waals surface area contributed by atoms with Crippen LogP contribution in [0.2, 0.25) is 0 Å². The molecule has 1 unspecified atom stereocenters. The fraction of sp³-hybridized carbons (Fsp3) is 0.917. The topological polar surface area (TPSA) is 35.6 Å². The average molecular weight is 229 g/mol. The molecule has 4 nitrogen and oxygen atoms in total. The van der Waals surface area contributed by atoms with Crippen LogP contribution in [0.15, 0.2) is 0 Å². The van der Waals surface area contributed by atoms with E-state index >= 15 is 0 Å². The minimum atomic E-state index is -0.0964. The summed E-state index contributed by atoms with van der Waals surface area (Å²) in [4.78, 5) is 16.1. The highest BCUT2D eigenvalue weighted by atomic mass is 16.2. The normalized spacial score (nSPS) is 13.2. The molecule has 0 fully saturated rings. The predicted octanol–water partition coefficient (Wildman–Crippen LogP) is 0.641. The maximum Gasteiger partial charge on any atom is 0.239 e. The van der Waals surface area contributed by atoms with Gasteiger partial charge in [0.15, 0.2) is 0 Å². The van der Waals surface area contributed by atoms with Gasteiger partial charge in [0, 0.05) is 19.6 Å². The van der Waals surface area contributed by atoms with Gasteiger partial charge in [-0.2, -0.15) is 0 Å². The van der Waals surface area contributed by atoms with E-state index in [0.29, 0.717) is 5.92 Å². The van der Waals surface area contributed by atoms with Crippen LogP contribution in [0.4, 0.5) is 0 Å². The lowest BCUT2D eigenvalue weighted by Gasteiger charge is -2.28. The Kier molecular flexibility index (Phi) is 7.34. The fourth-order valence-corrected chi connectivity index (χ4v) is 1.45. The molecule has 4 heteroatoms. The first-order chi connectivity index (χ1) is 7.38. The lowest BCUT2D eigenvalue weighted by Crippen LogP contribution is -2.47. The highest BCUT2D eigenvalue weighted by Crippen LogP contribution is 2.02. The van der Waals surface area contributed by atoms with E-state index in [1.165, 1.54) is 0 Å². The smallest absolute Gasteiger partial charge is 0.239 e. The molecule has 0 heterocycles. The number of hydrogen-bond acceptors (Lipinski definition) is 3. The van der Waals surface area contributed by atoms with Gasteiger partial charge >= 0.3 is 0 Å². The van der Waals surface area contributed by atoms with Crippen LogP contribution in [0.3, 0.4) is 0 Å². The van der Waals surface area contributed by atoms with E-state index in [1.807, 2.05) is 33.0 Å². The molecule has 0 bridgehead atoms. The van der Waals surface area contributed by atoms with E-state index in [2.05, 4.69) is 24.1 Å². The van der Waals surface area contributed by atoms with Crippen molar-refractivity contribution >= 4 is 5.91 Å². The zero-order valence-corrected chi connectivity index (χ0v) is 11.6. The SMILES string of the molecule is CNC(C)C(=O)N(CCN(C)C)CC(C)C. The molecule has 0 radical (unpaired) electrons. The number of nitrogens with zero attached hydrogens (tertiary/aromatic N) is 2. The first-order valence-electron chi connectivity index (χ1n) is 5.99. The Hall–Kier alpha value is -0.610. The fourth-order valence-electron chi connectivity index (χ4n) is 1.45. The summed E-state index contributed by atoms with van der Waals surface area (Å²) >= 11 is 0. The Bertz CT molecular complexity index is 204. The quantitative estimate of drug-likeness (QED) is 0.696. The minimum Gasteiger partial charge on any atom is -0.340 e. The van der Waals surface area contributed by atoms with Crippen LogP contribution >= 0.6 is 0 Å². The molecular weight excluding hydrogens is 202 g/mol. The molecule has 0 saturated carbocycles. The zero-order valence-electron chi connectivity index (χ0n) is 11.6. The van der Waals surface area contributed by atoms with Crippen molar-refractivity contribution < 1.29 is 4.79 Å². The number of hydrogen-bond donors (Lipinski definition) is 1. The Labute approximate surface area is 100.0 Å². The second-order valence-electron chi connectivity index (χ2n) is 4.99. The molecule has 96 valence electrons. The van der Waals surface area contributed by atoms with Gasteiger partial charge in [-0.1, -0.05) is 13.8 Å². The average Bonchev–Trinajstić information content (AvgIpc) is 2.21. The van der Waals surface area contributed by atoms with Crippen LogP contribution in [0, 0.1) is 5.92 Å². The van der Waals surface area contributed by atoms with Gasteiger partial charge in [0.1, 0.15) is 0 Å². The molecule has 0 aromatic heterocycles. The molecule has 0 aromatic carbocycles. The largest absolute Gasteiger partial charge is 0.340 e. The van der Waals surface area contributed by atoms with Crippen LogP contribution in [0.5, 0.6) is 0 Å². The van der Waals surface area contributed by atoms with Crippen molar-refractivity contribution in [2.24, 2.45) is 5.92 Å². The van der Waals surface area contributed by atoms with Crippen LogP contribution in [0.25, 0.3) is 0 Å². The number of amides is 1. The van der Waals surface area contributed by atoms with Gasteiger partial charge < -0.3 is 15.1 Å². The summed E-state index contributed by atoms with van der Waals surface area (Å²) in [6.07, 6.45) is 0. The summed E-state index contributed by atoms with van der Waals surface area (Å²) in [5, 5.41) is 3.00. The molecule has 0 rings (SSSR count). The number of rotatable bonds is 7. The van der Waals surface area contributed by atoms with Gasteiger partial charge in [-0.15, -0.1) is 0 Å². The van der Waals surface area contributed by atoms with Gasteiger partial charge in [-0.25, -0.2) is 0 Å². The van der Waals surface area contributed by atoms with Crippen molar-refractivity contribution in [1.82, 2.24) is 15.1 Å². The van der Waals surface area contributed by atoms with Crippen LogP contribution in [-0.4, -0.2) is 62.5 Å². The Morgan fingerprint density at radius 1 is 1.19 bits per heavy atom. The monoisotopic (exact) mass is 229 g/mol. The maximum absolute atomic E-state index is 12.1. The number of carbonyl (C=O) groups is 1. The molecule has 1 amide bonds. The first-order valence-corrected chi connectivity index (χ1v) is 5.99. The summed E-state index contributed by atoms with van der Waals surface area (Å²) < 4.78 is 0. The summed E-state index contributed by atoms with van der Waals surface area (Å²) in [5.74, 6) is 0.702. The first kappa shape index (κ1) is 15.4. The molecule has 0 aliphatic heterocycles. The van der Waals surface area contributed by atoms with Gasteiger partial charge in [-0.3, -0.25) is 4.79 Å². The van der Waals surface area contributed by atoms with Crippen molar-refractivity contribution in [2.45, 2.75) is 26.8 Å². The summed E-state index contributed by atoms with van der Waals surface area (Å²) in [6.45, 7) is 8.73. The number of carbonyl (C=O) groups excluding carboxylic acids is 1. The molecule has 0 saturated heterocycles. The maximum atomic E-state index is 12.1. The van der Waals surface area contributed by atoms with Crippen molar-refractivity contribution in [3.05, 3.63) is 0 Å². The lowest BCUT2D eigenvalue weighted by molar-refractivity contribution is -0.133. The summed E-state index contributed by atoms with van der Waals surface area (Å²) in [6, 6.07) is -0.0964. The number of likely N-dealkylation sites (N-methyl/N-ethyl adjacent to an activating group) is 2. The zero-order chi connectivity index (χ0) is 12.7. The van der Waals surface area contributed by atoms with Gasteiger partial charge in [0.2, 0.25) is 5.91 Å². The van der Waals surface area contributed by atoms with E-state index in [4.69, 9.17) is 0 Å². The highest BCUT2D eigenvalue weighted by Gasteiger charge is 2.19. The van der Waals surface area contributed by atoms with E-state index < -0.39 is 0 Å². The van der Waals surface area contributed by atoms with Gasteiger partial charge in [-0.05, 0) is 34.0 Å². The molecular formula is C12H27N3O. The lowest BCUT2D eigenvalue weighted by atomic mass is 10.2. The molecule has 0 aliphatic carbocycles. The van der Waals surface area contributed by atoms with Crippen molar-refractivity contribution in [3.63, 3.8) is 0 Å². The van der Waals surface area contributed by atoms with Crippen LogP contribution in [0.1, 0.15) is 20.8 Å². The Morgan fingerprint density at radius 2 is 1.75 bits per heavy atom. The Morgan fingerprint density at radius 3 is 2.12 bits per heavy atom. The standard InChI is InChI=1S/C12H27N3O/c1-10(2)9-15(8-7-14(5)6)12(16)11(3)13-4/h10-11,13H,7-9H2,1-6H3. The third-order valence-corrected chi connectivity index (χ3v) is 2.52. The molecule has 1 N–H and O–H groups in total. The summed E-state index contributed by atoms with van der Waals surface area (Å²) in [7, 11) is 5.88. The third-order valence-electron chi connectivity index (χ3n) is 2.52. The van der Waals surface area contributed by atoms with E-state index in [0.717, 1.165) is 19.6 Å². The minimum absolute atomic E-state index is 0.0964. The second-order valence-corrected chi connectivity index (χ2v) is 4.99.